The van der Waals surface area contributed by atoms with E-state index in [4.69, 9.17) is 5.11 Å². The van der Waals surface area contributed by atoms with Crippen LogP contribution < -0.4 is 0 Å². The Hall–Kier alpha value is -1.70. The molecule has 8 heteroatoms. The third kappa shape index (κ3) is 2.79. The lowest BCUT2D eigenvalue weighted by Gasteiger charge is -2.27. The van der Waals surface area contributed by atoms with Crippen LogP contribution in [0.1, 0.15) is 16.8 Å². The maximum absolute atomic E-state index is 13.1. The van der Waals surface area contributed by atoms with Gasteiger partial charge in [-0.2, -0.15) is 13.2 Å². The molecular weight excluding hydrogens is 319 g/mol. The minimum Gasteiger partial charge on any atom is -0.481 e. The fourth-order valence-corrected chi connectivity index (χ4v) is 2.83. The molecule has 0 spiro atoms. The molecule has 0 aromatic heterocycles. The van der Waals surface area contributed by atoms with E-state index in [1.807, 2.05) is 6.26 Å². The standard InChI is InChI=1S/C14H14F3NO3S/c1-22-10-4-2-9(3-5-10)11(19)18-7-6-13(8-18,12(20)21)14(15,16)17/h2-5H,6-8H2,1H3,(H,20,21). The highest BCUT2D eigenvalue weighted by Crippen LogP contribution is 2.46. The number of carboxylic acids is 1. The Morgan fingerprint density at radius 1 is 1.27 bits per heavy atom. The summed E-state index contributed by atoms with van der Waals surface area (Å²) in [7, 11) is 0. The van der Waals surface area contributed by atoms with E-state index >= 15 is 0 Å². The van der Waals surface area contributed by atoms with E-state index in [-0.39, 0.29) is 12.1 Å². The number of carboxylic acid groups (broad SMARTS) is 1. The van der Waals surface area contributed by atoms with Gasteiger partial charge in [0.25, 0.3) is 5.91 Å². The van der Waals surface area contributed by atoms with Crippen LogP contribution in [-0.2, 0) is 4.79 Å². The lowest BCUT2D eigenvalue weighted by atomic mass is 9.86. The summed E-state index contributed by atoms with van der Waals surface area (Å²) in [6.45, 7) is -1.08. The molecular formula is C14H14F3NO3S. The maximum Gasteiger partial charge on any atom is 0.406 e. The van der Waals surface area contributed by atoms with Gasteiger partial charge in [0, 0.05) is 23.5 Å². The zero-order valence-electron chi connectivity index (χ0n) is 11.7. The average Bonchev–Trinajstić information content (AvgIpc) is 2.93. The largest absolute Gasteiger partial charge is 0.481 e. The molecule has 1 unspecified atom stereocenters. The topological polar surface area (TPSA) is 57.6 Å². The van der Waals surface area contributed by atoms with Crippen molar-refractivity contribution >= 4 is 23.6 Å². The van der Waals surface area contributed by atoms with Gasteiger partial charge >= 0.3 is 12.1 Å². The summed E-state index contributed by atoms with van der Waals surface area (Å²) in [4.78, 5) is 25.2. The summed E-state index contributed by atoms with van der Waals surface area (Å²) in [5.41, 5.74) is -2.62. The van der Waals surface area contributed by atoms with Crippen molar-refractivity contribution in [3.8, 4) is 0 Å². The number of rotatable bonds is 3. The van der Waals surface area contributed by atoms with E-state index in [2.05, 4.69) is 0 Å². The van der Waals surface area contributed by atoms with Crippen LogP contribution in [0.2, 0.25) is 0 Å². The highest BCUT2D eigenvalue weighted by molar-refractivity contribution is 7.98. The van der Waals surface area contributed by atoms with Crippen molar-refractivity contribution in [2.75, 3.05) is 19.3 Å². The molecule has 4 nitrogen and oxygen atoms in total. The maximum atomic E-state index is 13.1. The zero-order valence-corrected chi connectivity index (χ0v) is 12.5. The van der Waals surface area contributed by atoms with Crippen molar-refractivity contribution < 1.29 is 27.9 Å². The van der Waals surface area contributed by atoms with Crippen molar-refractivity contribution in [1.29, 1.82) is 0 Å². The van der Waals surface area contributed by atoms with Crippen LogP contribution in [0.5, 0.6) is 0 Å². The zero-order chi connectivity index (χ0) is 16.5. The van der Waals surface area contributed by atoms with Gasteiger partial charge in [0.1, 0.15) is 0 Å². The molecule has 0 bridgehead atoms. The number of amides is 1. The van der Waals surface area contributed by atoms with E-state index in [9.17, 15) is 22.8 Å². The number of hydrogen-bond donors (Lipinski definition) is 1. The Labute approximate surface area is 129 Å². The monoisotopic (exact) mass is 333 g/mol. The van der Waals surface area contributed by atoms with Gasteiger partial charge in [-0.25, -0.2) is 0 Å². The van der Waals surface area contributed by atoms with E-state index in [1.165, 1.54) is 23.9 Å². The van der Waals surface area contributed by atoms with Crippen LogP contribution in [0, 0.1) is 5.41 Å². The number of hydrogen-bond acceptors (Lipinski definition) is 3. The van der Waals surface area contributed by atoms with Crippen molar-refractivity contribution in [3.63, 3.8) is 0 Å². The number of carbonyl (C=O) groups excluding carboxylic acids is 1. The van der Waals surface area contributed by atoms with E-state index in [1.54, 1.807) is 12.1 Å². The van der Waals surface area contributed by atoms with Gasteiger partial charge in [-0.1, -0.05) is 0 Å². The van der Waals surface area contributed by atoms with Crippen LogP contribution in [0.3, 0.4) is 0 Å². The molecule has 0 saturated carbocycles. The molecule has 0 aliphatic carbocycles. The Balaban J connectivity index is 2.21. The second-order valence-corrected chi connectivity index (χ2v) is 5.97. The predicted molar refractivity (Wildman–Crippen MR) is 74.9 cm³/mol. The first-order chi connectivity index (χ1) is 10.2. The van der Waals surface area contributed by atoms with Crippen LogP contribution in [0.4, 0.5) is 13.2 Å². The molecule has 1 atom stereocenters. The van der Waals surface area contributed by atoms with Crippen LogP contribution >= 0.6 is 11.8 Å². The van der Waals surface area contributed by atoms with E-state index in [0.29, 0.717) is 0 Å². The summed E-state index contributed by atoms with van der Waals surface area (Å²) < 4.78 is 39.2. The summed E-state index contributed by atoms with van der Waals surface area (Å²) in [6, 6.07) is 6.45. The molecule has 1 aliphatic rings. The number of likely N-dealkylation sites (tertiary alicyclic amines) is 1. The lowest BCUT2D eigenvalue weighted by Crippen LogP contribution is -2.47. The molecule has 1 heterocycles. The number of benzene rings is 1. The molecule has 1 aromatic rings. The quantitative estimate of drug-likeness (QED) is 0.864. The number of thioether (sulfide) groups is 1. The van der Waals surface area contributed by atoms with Gasteiger partial charge in [-0.15, -0.1) is 11.8 Å². The van der Waals surface area contributed by atoms with Crippen LogP contribution in [0.25, 0.3) is 0 Å². The number of halogens is 3. The van der Waals surface area contributed by atoms with Crippen LogP contribution in [-0.4, -0.2) is 47.4 Å². The highest BCUT2D eigenvalue weighted by Gasteiger charge is 2.64. The molecule has 1 amide bonds. The van der Waals surface area contributed by atoms with Crippen molar-refractivity contribution in [2.24, 2.45) is 5.41 Å². The van der Waals surface area contributed by atoms with Gasteiger partial charge in [0.15, 0.2) is 5.41 Å². The first-order valence-electron chi connectivity index (χ1n) is 6.45. The third-order valence-electron chi connectivity index (χ3n) is 3.85. The molecule has 0 radical (unpaired) electrons. The number of alkyl halides is 3. The summed E-state index contributed by atoms with van der Waals surface area (Å²) >= 11 is 1.48. The molecule has 1 N–H and O–H groups in total. The Bertz CT molecular complexity index is 588. The number of carbonyl (C=O) groups is 2. The minimum atomic E-state index is -4.89. The van der Waals surface area contributed by atoms with Gasteiger partial charge in [-0.05, 0) is 36.9 Å². The molecule has 1 saturated heterocycles. The smallest absolute Gasteiger partial charge is 0.406 e. The van der Waals surface area contributed by atoms with Gasteiger partial charge in [-0.3, -0.25) is 9.59 Å². The van der Waals surface area contributed by atoms with Crippen molar-refractivity contribution in [3.05, 3.63) is 29.8 Å². The summed E-state index contributed by atoms with van der Waals surface area (Å²) in [6.07, 6.45) is -3.65. The Morgan fingerprint density at radius 3 is 2.27 bits per heavy atom. The van der Waals surface area contributed by atoms with Crippen molar-refractivity contribution in [2.45, 2.75) is 17.5 Å². The number of aliphatic carboxylic acids is 1. The Kier molecular flexibility index (Phi) is 4.42. The predicted octanol–water partition coefficient (Wildman–Crippen LogP) is 2.89. The average molecular weight is 333 g/mol. The van der Waals surface area contributed by atoms with Crippen LogP contribution in [0.15, 0.2) is 29.2 Å². The fraction of sp³-hybridized carbons (Fsp3) is 0.429. The third-order valence-corrected chi connectivity index (χ3v) is 4.59. The van der Waals surface area contributed by atoms with Gasteiger partial charge in [0.2, 0.25) is 0 Å². The second kappa shape index (κ2) is 5.83. The SMILES string of the molecule is CSc1ccc(C(=O)N2CCC(C(=O)O)(C(F)(F)F)C2)cc1. The highest BCUT2D eigenvalue weighted by atomic mass is 32.2. The molecule has 1 aromatic carbocycles. The Morgan fingerprint density at radius 2 is 1.86 bits per heavy atom. The van der Waals surface area contributed by atoms with Gasteiger partial charge in [0.05, 0.1) is 0 Å². The van der Waals surface area contributed by atoms with Crippen molar-refractivity contribution in [1.82, 2.24) is 4.90 Å². The fourth-order valence-electron chi connectivity index (χ4n) is 2.43. The summed E-state index contributed by atoms with van der Waals surface area (Å²) in [5, 5.41) is 8.98. The lowest BCUT2D eigenvalue weighted by molar-refractivity contribution is -0.227. The summed E-state index contributed by atoms with van der Waals surface area (Å²) in [5.74, 6) is -2.52. The normalized spacial score (nSPS) is 21.9. The second-order valence-electron chi connectivity index (χ2n) is 5.09. The molecule has 2 rings (SSSR count). The molecule has 1 aliphatic heterocycles. The van der Waals surface area contributed by atoms with E-state index in [0.717, 1.165) is 9.80 Å². The first kappa shape index (κ1) is 16.7. The minimum absolute atomic E-state index is 0.227. The van der Waals surface area contributed by atoms with E-state index < -0.39 is 36.4 Å². The number of nitrogens with zero attached hydrogens (tertiary/aromatic N) is 1. The van der Waals surface area contributed by atoms with Gasteiger partial charge < -0.3 is 10.0 Å². The molecule has 120 valence electrons. The molecule has 1 fully saturated rings. The molecule has 22 heavy (non-hydrogen) atoms. The first-order valence-corrected chi connectivity index (χ1v) is 7.67.